The fourth-order valence-corrected chi connectivity index (χ4v) is 3.61. The van der Waals surface area contributed by atoms with Gasteiger partial charge in [-0.05, 0) is 81.7 Å². The van der Waals surface area contributed by atoms with Crippen LogP contribution < -0.4 is 14.2 Å². The van der Waals surface area contributed by atoms with E-state index in [0.29, 0.717) is 39.1 Å². The summed E-state index contributed by atoms with van der Waals surface area (Å²) in [6.07, 6.45) is -3.16. The quantitative estimate of drug-likeness (QED) is 0.133. The molecule has 35 heavy (non-hydrogen) atoms. The number of ether oxygens (including phenoxy) is 3. The molecular weight excluding hydrogens is 533 g/mol. The van der Waals surface area contributed by atoms with E-state index >= 15 is 0 Å². The van der Waals surface area contributed by atoms with Gasteiger partial charge < -0.3 is 14.2 Å². The Hall–Kier alpha value is -4.04. The number of halogens is 4. The normalized spacial score (nSPS) is 11.5. The van der Waals surface area contributed by atoms with Gasteiger partial charge in [0.15, 0.2) is 11.5 Å². The van der Waals surface area contributed by atoms with Crippen molar-refractivity contribution < 1.29 is 32.3 Å². The van der Waals surface area contributed by atoms with E-state index in [1.165, 1.54) is 20.3 Å². The first kappa shape index (κ1) is 25.6. The summed E-state index contributed by atoms with van der Waals surface area (Å²) in [5.41, 5.74) is -0.511. The van der Waals surface area contributed by atoms with Gasteiger partial charge in [0.25, 0.3) is 0 Å². The van der Waals surface area contributed by atoms with Gasteiger partial charge >= 0.3 is 11.9 Å². The van der Waals surface area contributed by atoms with Crippen molar-refractivity contribution in [1.29, 1.82) is 5.26 Å². The Balaban J connectivity index is 2.01. The zero-order chi connectivity index (χ0) is 25.8. The van der Waals surface area contributed by atoms with Crippen LogP contribution in [0.3, 0.4) is 0 Å². The van der Waals surface area contributed by atoms with Gasteiger partial charge in [0.1, 0.15) is 5.75 Å². The summed E-state index contributed by atoms with van der Waals surface area (Å²) in [6, 6.07) is 14.1. The first-order chi connectivity index (χ1) is 16.6. The lowest BCUT2D eigenvalue weighted by Gasteiger charge is -2.14. The van der Waals surface area contributed by atoms with Crippen molar-refractivity contribution >= 4 is 33.3 Å². The molecule has 0 saturated carbocycles. The number of nitriles is 1. The Morgan fingerprint density at radius 2 is 1.74 bits per heavy atom. The third-order valence-electron chi connectivity index (χ3n) is 4.78. The number of nitro groups is 1. The molecule has 0 spiro atoms. The number of alkyl halides is 3. The Morgan fingerprint density at radius 1 is 1.06 bits per heavy atom. The predicted octanol–water partition coefficient (Wildman–Crippen LogP) is 7.25. The Labute approximate surface area is 206 Å². The van der Waals surface area contributed by atoms with Crippen LogP contribution in [0.2, 0.25) is 0 Å². The topological polar surface area (TPSA) is 94.6 Å². The largest absolute Gasteiger partial charge is 0.497 e. The lowest BCUT2D eigenvalue weighted by atomic mass is 10.0. The van der Waals surface area contributed by atoms with Gasteiger partial charge in [-0.25, -0.2) is 0 Å². The van der Waals surface area contributed by atoms with Crippen molar-refractivity contribution in [2.75, 3.05) is 14.2 Å². The molecule has 3 rings (SSSR count). The number of methoxy groups -OCH3 is 2. The highest BCUT2D eigenvalue weighted by Gasteiger charge is 2.33. The maximum absolute atomic E-state index is 13.0. The molecule has 0 aliphatic rings. The first-order valence-corrected chi connectivity index (χ1v) is 10.5. The molecule has 0 aliphatic heterocycles. The summed E-state index contributed by atoms with van der Waals surface area (Å²) in [6.45, 7) is 0. The van der Waals surface area contributed by atoms with E-state index in [1.54, 1.807) is 36.4 Å². The standard InChI is InChI=1S/C24H16BrF3N2O5/c1-33-18-6-3-15(4-7-18)16(13-29)9-14-10-19(25)23(22(11-14)34-2)35-21-8-5-17(24(26,27)28)12-20(21)30(31)32/h3-12H,1-2H3/b16-9+. The molecular formula is C24H16BrF3N2O5. The molecule has 0 atom stereocenters. The van der Waals surface area contributed by atoms with Crippen LogP contribution in [-0.4, -0.2) is 19.1 Å². The monoisotopic (exact) mass is 548 g/mol. The maximum atomic E-state index is 13.0. The van der Waals surface area contributed by atoms with Crippen LogP contribution >= 0.6 is 15.9 Å². The van der Waals surface area contributed by atoms with E-state index in [2.05, 4.69) is 22.0 Å². The molecule has 11 heteroatoms. The number of hydrogen-bond donors (Lipinski definition) is 0. The average Bonchev–Trinajstić information content (AvgIpc) is 2.83. The minimum Gasteiger partial charge on any atom is -0.497 e. The van der Waals surface area contributed by atoms with Crippen molar-refractivity contribution in [3.63, 3.8) is 0 Å². The lowest BCUT2D eigenvalue weighted by Crippen LogP contribution is -2.06. The zero-order valence-electron chi connectivity index (χ0n) is 18.2. The van der Waals surface area contributed by atoms with Crippen LogP contribution in [0.25, 0.3) is 11.6 Å². The highest BCUT2D eigenvalue weighted by molar-refractivity contribution is 9.10. The SMILES string of the molecule is COc1ccc(/C(C#N)=C/c2cc(Br)c(Oc3ccc(C(F)(F)F)cc3[N+](=O)[O-])c(OC)c2)cc1. The lowest BCUT2D eigenvalue weighted by molar-refractivity contribution is -0.385. The van der Waals surface area contributed by atoms with Gasteiger partial charge in [-0.15, -0.1) is 0 Å². The summed E-state index contributed by atoms with van der Waals surface area (Å²) in [7, 11) is 2.86. The van der Waals surface area contributed by atoms with Crippen LogP contribution in [0.15, 0.2) is 59.1 Å². The molecule has 0 heterocycles. The Morgan fingerprint density at radius 3 is 2.29 bits per heavy atom. The number of rotatable bonds is 7. The Kier molecular flexibility index (Phi) is 7.66. The first-order valence-electron chi connectivity index (χ1n) is 9.74. The molecule has 0 bridgehead atoms. The number of nitrogens with zero attached hydrogens (tertiary/aromatic N) is 2. The maximum Gasteiger partial charge on any atom is 0.416 e. The van der Waals surface area contributed by atoms with E-state index in [4.69, 9.17) is 14.2 Å². The summed E-state index contributed by atoms with van der Waals surface area (Å²) < 4.78 is 55.3. The molecule has 0 fully saturated rings. The summed E-state index contributed by atoms with van der Waals surface area (Å²) >= 11 is 3.31. The van der Waals surface area contributed by atoms with E-state index in [-0.39, 0.29) is 11.5 Å². The minimum absolute atomic E-state index is 0.00969. The van der Waals surface area contributed by atoms with Crippen LogP contribution in [0.5, 0.6) is 23.0 Å². The third kappa shape index (κ3) is 5.91. The second kappa shape index (κ2) is 10.5. The van der Waals surface area contributed by atoms with Crippen LogP contribution in [0.1, 0.15) is 16.7 Å². The molecule has 3 aromatic rings. The Bertz CT molecular complexity index is 1330. The van der Waals surface area contributed by atoms with Crippen LogP contribution in [0, 0.1) is 21.4 Å². The van der Waals surface area contributed by atoms with Gasteiger partial charge in [-0.1, -0.05) is 0 Å². The molecule has 3 aromatic carbocycles. The number of benzene rings is 3. The molecule has 0 radical (unpaired) electrons. The summed E-state index contributed by atoms with van der Waals surface area (Å²) in [4.78, 5) is 10.4. The van der Waals surface area contributed by atoms with Gasteiger partial charge in [-0.2, -0.15) is 18.4 Å². The highest BCUT2D eigenvalue weighted by Crippen LogP contribution is 2.44. The van der Waals surface area contributed by atoms with Gasteiger partial charge in [0, 0.05) is 6.07 Å². The summed E-state index contributed by atoms with van der Waals surface area (Å²) in [5, 5.41) is 21.0. The van der Waals surface area contributed by atoms with Crippen molar-refractivity contribution in [3.05, 3.63) is 85.9 Å². The van der Waals surface area contributed by atoms with E-state index < -0.39 is 28.1 Å². The molecule has 0 aromatic heterocycles. The number of allylic oxidation sites excluding steroid dienone is 1. The highest BCUT2D eigenvalue weighted by atomic mass is 79.9. The van der Waals surface area contributed by atoms with Crippen LogP contribution in [-0.2, 0) is 6.18 Å². The molecule has 180 valence electrons. The number of nitro benzene ring substituents is 1. The molecule has 0 amide bonds. The van der Waals surface area contributed by atoms with Crippen LogP contribution in [0.4, 0.5) is 18.9 Å². The average molecular weight is 549 g/mol. The summed E-state index contributed by atoms with van der Waals surface area (Å²) in [5.74, 6) is 0.373. The molecule has 0 unspecified atom stereocenters. The van der Waals surface area contributed by atoms with Crippen molar-refractivity contribution in [2.24, 2.45) is 0 Å². The van der Waals surface area contributed by atoms with E-state index in [1.807, 2.05) is 0 Å². The molecule has 0 N–H and O–H groups in total. The van der Waals surface area contributed by atoms with Gasteiger partial charge in [-0.3, -0.25) is 10.1 Å². The van der Waals surface area contributed by atoms with E-state index in [0.717, 1.165) is 6.07 Å². The minimum atomic E-state index is -4.75. The third-order valence-corrected chi connectivity index (χ3v) is 5.37. The molecule has 0 saturated heterocycles. The van der Waals surface area contributed by atoms with Crippen molar-refractivity contribution in [3.8, 4) is 29.1 Å². The van der Waals surface area contributed by atoms with Gasteiger partial charge in [0.2, 0.25) is 5.75 Å². The molecule has 7 nitrogen and oxygen atoms in total. The fraction of sp³-hybridized carbons (Fsp3) is 0.125. The second-order valence-corrected chi connectivity index (χ2v) is 7.83. The smallest absolute Gasteiger partial charge is 0.416 e. The van der Waals surface area contributed by atoms with Crippen molar-refractivity contribution in [1.82, 2.24) is 0 Å². The fourth-order valence-electron chi connectivity index (χ4n) is 3.07. The van der Waals surface area contributed by atoms with Gasteiger partial charge in [0.05, 0.1) is 40.8 Å². The van der Waals surface area contributed by atoms with E-state index in [9.17, 15) is 28.5 Å². The van der Waals surface area contributed by atoms with Crippen molar-refractivity contribution in [2.45, 2.75) is 6.18 Å². The predicted molar refractivity (Wildman–Crippen MR) is 125 cm³/mol. The zero-order valence-corrected chi connectivity index (χ0v) is 19.8. The number of hydrogen-bond acceptors (Lipinski definition) is 6. The molecule has 0 aliphatic carbocycles. The second-order valence-electron chi connectivity index (χ2n) is 6.97.